The lowest BCUT2D eigenvalue weighted by Crippen LogP contribution is -2.24. The van der Waals surface area contributed by atoms with Crippen molar-refractivity contribution in [2.75, 3.05) is 0 Å². The maximum Gasteiger partial charge on any atom is 0.220 e. The summed E-state index contributed by atoms with van der Waals surface area (Å²) < 4.78 is 18.6. The van der Waals surface area contributed by atoms with E-state index in [1.807, 2.05) is 12.1 Å². The van der Waals surface area contributed by atoms with Crippen LogP contribution in [0.4, 0.5) is 4.39 Å². The third kappa shape index (κ3) is 3.64. The fraction of sp³-hybridized carbons (Fsp3) is 0.278. The van der Waals surface area contributed by atoms with Crippen LogP contribution < -0.4 is 5.32 Å². The van der Waals surface area contributed by atoms with E-state index in [0.717, 1.165) is 18.4 Å². The lowest BCUT2D eigenvalue weighted by Gasteiger charge is -2.07. The van der Waals surface area contributed by atoms with Crippen molar-refractivity contribution in [1.82, 2.24) is 5.32 Å². The summed E-state index contributed by atoms with van der Waals surface area (Å²) in [6, 6.07) is 9.79. The van der Waals surface area contributed by atoms with Gasteiger partial charge in [0.15, 0.2) is 0 Å². The average molecular weight is 299 g/mol. The Labute approximate surface area is 128 Å². The third-order valence-electron chi connectivity index (χ3n) is 3.81. The molecule has 1 heterocycles. The van der Waals surface area contributed by atoms with Crippen molar-refractivity contribution >= 4 is 5.91 Å². The van der Waals surface area contributed by atoms with Crippen LogP contribution in [0.5, 0.6) is 0 Å². The van der Waals surface area contributed by atoms with Crippen LogP contribution in [-0.4, -0.2) is 5.91 Å². The summed E-state index contributed by atoms with van der Waals surface area (Å²) in [6.07, 6.45) is 6.89. The van der Waals surface area contributed by atoms with Gasteiger partial charge in [-0.1, -0.05) is 12.2 Å². The Hall–Kier alpha value is -2.36. The molecule has 1 aromatic carbocycles. The highest BCUT2D eigenvalue weighted by molar-refractivity contribution is 5.76. The van der Waals surface area contributed by atoms with Crippen LogP contribution in [0, 0.1) is 11.7 Å². The molecule has 0 bridgehead atoms. The Kier molecular flexibility index (Phi) is 4.37. The molecule has 22 heavy (non-hydrogen) atoms. The summed E-state index contributed by atoms with van der Waals surface area (Å²) in [5.74, 6) is 1.49. The maximum absolute atomic E-state index is 12.9. The molecule has 4 heteroatoms. The van der Waals surface area contributed by atoms with Crippen LogP contribution in [0.3, 0.4) is 0 Å². The molecule has 3 nitrogen and oxygen atoms in total. The highest BCUT2D eigenvalue weighted by Gasteiger charge is 2.14. The van der Waals surface area contributed by atoms with Gasteiger partial charge in [0.25, 0.3) is 0 Å². The molecule has 0 aliphatic heterocycles. The monoisotopic (exact) mass is 299 g/mol. The lowest BCUT2D eigenvalue weighted by atomic mass is 10.1. The first-order valence-corrected chi connectivity index (χ1v) is 7.49. The highest BCUT2D eigenvalue weighted by atomic mass is 19.1. The van der Waals surface area contributed by atoms with E-state index < -0.39 is 0 Å². The van der Waals surface area contributed by atoms with E-state index in [1.54, 1.807) is 12.1 Å². The predicted octanol–water partition coefficient (Wildman–Crippen LogP) is 4.06. The molecule has 1 amide bonds. The number of carbonyl (C=O) groups excluding carboxylic acids is 1. The molecule has 1 unspecified atom stereocenters. The molecule has 0 fully saturated rings. The van der Waals surface area contributed by atoms with Gasteiger partial charge < -0.3 is 9.73 Å². The molecule has 1 atom stereocenters. The first-order chi connectivity index (χ1) is 10.7. The number of furan rings is 1. The fourth-order valence-corrected chi connectivity index (χ4v) is 2.60. The largest absolute Gasteiger partial charge is 0.459 e. The van der Waals surface area contributed by atoms with Gasteiger partial charge in [-0.3, -0.25) is 4.79 Å². The van der Waals surface area contributed by atoms with Gasteiger partial charge in [0, 0.05) is 12.0 Å². The summed E-state index contributed by atoms with van der Waals surface area (Å²) >= 11 is 0. The van der Waals surface area contributed by atoms with Crippen molar-refractivity contribution in [3.8, 4) is 11.3 Å². The molecule has 2 aromatic rings. The molecular formula is C18H18FNO2. The van der Waals surface area contributed by atoms with Crippen LogP contribution in [0.15, 0.2) is 53.0 Å². The van der Waals surface area contributed by atoms with Crippen LogP contribution in [-0.2, 0) is 11.3 Å². The van der Waals surface area contributed by atoms with Gasteiger partial charge in [0.2, 0.25) is 5.91 Å². The van der Waals surface area contributed by atoms with E-state index in [9.17, 15) is 9.18 Å². The molecule has 1 aliphatic rings. The number of nitrogens with one attached hydrogen (secondary N) is 1. The number of rotatable bonds is 5. The summed E-state index contributed by atoms with van der Waals surface area (Å²) in [4.78, 5) is 11.9. The van der Waals surface area contributed by atoms with E-state index in [2.05, 4.69) is 17.5 Å². The van der Waals surface area contributed by atoms with E-state index in [-0.39, 0.29) is 11.7 Å². The number of hydrogen-bond acceptors (Lipinski definition) is 2. The van der Waals surface area contributed by atoms with Gasteiger partial charge in [0.1, 0.15) is 17.3 Å². The average Bonchev–Trinajstić information content (AvgIpc) is 3.17. The van der Waals surface area contributed by atoms with Crippen LogP contribution in [0.25, 0.3) is 11.3 Å². The SMILES string of the molecule is O=C(CC1C=CCC1)NCc1ccc(-c2ccc(F)cc2)o1. The molecule has 1 N–H and O–H groups in total. The minimum Gasteiger partial charge on any atom is -0.459 e. The second-order valence-corrected chi connectivity index (χ2v) is 5.52. The summed E-state index contributed by atoms with van der Waals surface area (Å²) in [6.45, 7) is 0.371. The Morgan fingerprint density at radius 2 is 2.05 bits per heavy atom. The zero-order chi connectivity index (χ0) is 15.4. The summed E-state index contributed by atoms with van der Waals surface area (Å²) in [5.41, 5.74) is 0.815. The van der Waals surface area contributed by atoms with Crippen molar-refractivity contribution in [1.29, 1.82) is 0 Å². The molecular weight excluding hydrogens is 281 g/mol. The predicted molar refractivity (Wildman–Crippen MR) is 82.4 cm³/mol. The third-order valence-corrected chi connectivity index (χ3v) is 3.81. The Balaban J connectivity index is 1.54. The minimum absolute atomic E-state index is 0.0382. The fourth-order valence-electron chi connectivity index (χ4n) is 2.60. The minimum atomic E-state index is -0.274. The summed E-state index contributed by atoms with van der Waals surface area (Å²) in [5, 5.41) is 2.87. The molecule has 3 rings (SSSR count). The first kappa shape index (κ1) is 14.6. The second kappa shape index (κ2) is 6.60. The van der Waals surface area contributed by atoms with Crippen molar-refractivity contribution in [2.45, 2.75) is 25.8 Å². The van der Waals surface area contributed by atoms with Crippen LogP contribution in [0.2, 0.25) is 0 Å². The first-order valence-electron chi connectivity index (χ1n) is 7.49. The smallest absolute Gasteiger partial charge is 0.220 e. The normalized spacial score (nSPS) is 16.9. The van der Waals surface area contributed by atoms with E-state index in [4.69, 9.17) is 4.42 Å². The van der Waals surface area contributed by atoms with Gasteiger partial charge in [-0.2, -0.15) is 0 Å². The van der Waals surface area contributed by atoms with E-state index >= 15 is 0 Å². The molecule has 1 aliphatic carbocycles. The molecule has 1 aromatic heterocycles. The second-order valence-electron chi connectivity index (χ2n) is 5.52. The van der Waals surface area contributed by atoms with Gasteiger partial charge in [0.05, 0.1) is 6.54 Å². The van der Waals surface area contributed by atoms with Gasteiger partial charge in [-0.15, -0.1) is 0 Å². The van der Waals surface area contributed by atoms with Gasteiger partial charge >= 0.3 is 0 Å². The van der Waals surface area contributed by atoms with Crippen LogP contribution in [0.1, 0.15) is 25.0 Å². The zero-order valence-corrected chi connectivity index (χ0v) is 12.2. The Morgan fingerprint density at radius 1 is 1.23 bits per heavy atom. The number of halogens is 1. The number of allylic oxidation sites excluding steroid dienone is 2. The van der Waals surface area contributed by atoms with Crippen molar-refractivity contribution in [3.63, 3.8) is 0 Å². The number of benzene rings is 1. The number of hydrogen-bond donors (Lipinski definition) is 1. The topological polar surface area (TPSA) is 42.2 Å². The maximum atomic E-state index is 12.9. The standard InChI is InChI=1S/C18H18FNO2/c19-15-7-5-14(6-8-15)17-10-9-16(22-17)12-20-18(21)11-13-3-1-2-4-13/h1,3,5-10,13H,2,4,11-12H2,(H,20,21). The molecule has 0 radical (unpaired) electrons. The summed E-state index contributed by atoms with van der Waals surface area (Å²) in [7, 11) is 0. The Morgan fingerprint density at radius 3 is 2.77 bits per heavy atom. The molecule has 0 spiro atoms. The van der Waals surface area contributed by atoms with Crippen LogP contribution >= 0.6 is 0 Å². The zero-order valence-electron chi connectivity index (χ0n) is 12.2. The van der Waals surface area contributed by atoms with Crippen molar-refractivity contribution < 1.29 is 13.6 Å². The van der Waals surface area contributed by atoms with Gasteiger partial charge in [-0.05, 0) is 55.2 Å². The van der Waals surface area contributed by atoms with Crippen molar-refractivity contribution in [2.24, 2.45) is 5.92 Å². The van der Waals surface area contributed by atoms with Gasteiger partial charge in [-0.25, -0.2) is 4.39 Å². The molecule has 0 saturated carbocycles. The lowest BCUT2D eigenvalue weighted by molar-refractivity contribution is -0.121. The van der Waals surface area contributed by atoms with E-state index in [1.165, 1.54) is 12.1 Å². The molecule has 114 valence electrons. The Bertz CT molecular complexity index is 673. The van der Waals surface area contributed by atoms with E-state index in [0.29, 0.717) is 30.4 Å². The van der Waals surface area contributed by atoms with Crippen molar-refractivity contribution in [3.05, 3.63) is 60.1 Å². The highest BCUT2D eigenvalue weighted by Crippen LogP contribution is 2.23. The quantitative estimate of drug-likeness (QED) is 0.846. The molecule has 0 saturated heterocycles. The number of amides is 1. The number of carbonyl (C=O) groups is 1.